The zero-order valence-corrected chi connectivity index (χ0v) is 36.1. The van der Waals surface area contributed by atoms with Crippen LogP contribution >= 0.6 is 22.7 Å². The molecule has 0 radical (unpaired) electrons. The molecule has 0 unspecified atom stereocenters. The molecule has 13 aromatic rings. The van der Waals surface area contributed by atoms with Crippen LogP contribution in [0, 0.1) is 22.7 Å². The average Bonchev–Trinajstić information content (AvgIpc) is 4.11. The molecule has 0 spiro atoms. The van der Waals surface area contributed by atoms with Crippen molar-refractivity contribution in [3.63, 3.8) is 0 Å². The van der Waals surface area contributed by atoms with Crippen molar-refractivity contribution in [2.75, 3.05) is 0 Å². The summed E-state index contributed by atoms with van der Waals surface area (Å²) in [4.78, 5) is 0. The van der Waals surface area contributed by atoms with Crippen molar-refractivity contribution in [1.29, 1.82) is 10.5 Å². The smallest absolute Gasteiger partial charge is 0.309 e. The monoisotopic (exact) mass is 890 g/mol. The highest BCUT2D eigenvalue weighted by molar-refractivity contribution is 7.27. The van der Waals surface area contributed by atoms with Crippen LogP contribution in [0.1, 0.15) is 16.7 Å². The Balaban J connectivity index is 1.16. The number of para-hydroxylation sites is 2. The maximum atomic E-state index is 14.0. The molecule has 0 aliphatic heterocycles. The molecule has 0 aliphatic rings. The third-order valence-electron chi connectivity index (χ3n) is 13.0. The van der Waals surface area contributed by atoms with Gasteiger partial charge in [0.15, 0.2) is 0 Å². The molecule has 4 nitrogen and oxygen atoms in total. The minimum absolute atomic E-state index is 0.0812. The fourth-order valence-electron chi connectivity index (χ4n) is 10.2. The third-order valence-corrected chi connectivity index (χ3v) is 15.4. The van der Waals surface area contributed by atoms with E-state index in [1.54, 1.807) is 22.7 Å². The molecule has 0 amide bonds. The Hall–Kier alpha value is -8.21. The predicted octanol–water partition coefficient (Wildman–Crippen LogP) is 16.7. The van der Waals surface area contributed by atoms with Gasteiger partial charge in [-0.1, -0.05) is 103 Å². The number of halogens is 3. The summed E-state index contributed by atoms with van der Waals surface area (Å²) in [5, 5.41) is 30.0. The van der Waals surface area contributed by atoms with Gasteiger partial charge in [-0.15, -0.1) is 22.7 Å². The van der Waals surface area contributed by atoms with Gasteiger partial charge in [-0.2, -0.15) is 23.7 Å². The van der Waals surface area contributed by atoms with Gasteiger partial charge in [-0.05, 0) is 83.9 Å². The molecule has 66 heavy (non-hydrogen) atoms. The summed E-state index contributed by atoms with van der Waals surface area (Å²) in [6.45, 7) is 0. The topological polar surface area (TPSA) is 57.4 Å². The number of aromatic nitrogens is 2. The Morgan fingerprint density at radius 2 is 0.970 bits per heavy atom. The maximum Gasteiger partial charge on any atom is 0.416 e. The van der Waals surface area contributed by atoms with Crippen molar-refractivity contribution in [1.82, 2.24) is 9.13 Å². The van der Waals surface area contributed by atoms with Gasteiger partial charge in [0, 0.05) is 73.0 Å². The van der Waals surface area contributed by atoms with Crippen molar-refractivity contribution in [3.8, 4) is 45.8 Å². The van der Waals surface area contributed by atoms with Crippen LogP contribution in [0.5, 0.6) is 0 Å². The Kier molecular flexibility index (Phi) is 8.20. The lowest BCUT2D eigenvalue weighted by atomic mass is 9.92. The van der Waals surface area contributed by atoms with Gasteiger partial charge in [0.1, 0.15) is 0 Å². The molecule has 310 valence electrons. The lowest BCUT2D eigenvalue weighted by molar-refractivity contribution is -0.137. The second-order valence-electron chi connectivity index (χ2n) is 16.5. The molecule has 0 bridgehead atoms. The number of rotatable bonds is 4. The van der Waals surface area contributed by atoms with Gasteiger partial charge < -0.3 is 9.13 Å². The van der Waals surface area contributed by atoms with Crippen LogP contribution in [-0.4, -0.2) is 9.13 Å². The van der Waals surface area contributed by atoms with Crippen LogP contribution in [0.15, 0.2) is 176 Å². The SMILES string of the molecule is N#Cc1ccc(-c2cc(-c3ccc(C(F)(F)F)cc3C#N)ccc2-n2c3ccccc3c3c4sc5ccccc5c4ccc32)c(-n2c3ccccc3c3c4sc5ccccc5c4ccc32)c1. The first-order valence-corrected chi connectivity index (χ1v) is 22.9. The summed E-state index contributed by atoms with van der Waals surface area (Å²) in [6.07, 6.45) is -4.61. The summed E-state index contributed by atoms with van der Waals surface area (Å²) in [7, 11) is 0. The quantitative estimate of drug-likeness (QED) is 0.177. The van der Waals surface area contributed by atoms with E-state index in [4.69, 9.17) is 0 Å². The molecule has 0 saturated heterocycles. The Labute approximate surface area is 382 Å². The first-order chi connectivity index (χ1) is 32.3. The van der Waals surface area contributed by atoms with Crippen molar-refractivity contribution in [2.24, 2.45) is 0 Å². The van der Waals surface area contributed by atoms with E-state index in [0.29, 0.717) is 16.7 Å². The number of hydrogen-bond donors (Lipinski definition) is 0. The molecule has 4 aromatic heterocycles. The molecule has 0 N–H and O–H groups in total. The number of hydrogen-bond acceptors (Lipinski definition) is 4. The number of thiophene rings is 2. The third kappa shape index (κ3) is 5.48. The Morgan fingerprint density at radius 3 is 1.55 bits per heavy atom. The summed E-state index contributed by atoms with van der Waals surface area (Å²) in [5.74, 6) is 0. The van der Waals surface area contributed by atoms with Crippen LogP contribution in [0.4, 0.5) is 13.2 Å². The summed E-state index contributed by atoms with van der Waals surface area (Å²) in [5.41, 5.74) is 7.54. The highest BCUT2D eigenvalue weighted by atomic mass is 32.1. The van der Waals surface area contributed by atoms with Gasteiger partial charge >= 0.3 is 6.18 Å². The molecular weight excluding hydrogens is 862 g/mol. The average molecular weight is 891 g/mol. The second-order valence-corrected chi connectivity index (χ2v) is 18.6. The fourth-order valence-corrected chi connectivity index (χ4v) is 12.7. The van der Waals surface area contributed by atoms with Crippen molar-refractivity contribution in [2.45, 2.75) is 6.18 Å². The van der Waals surface area contributed by atoms with E-state index in [2.05, 4.69) is 130 Å². The van der Waals surface area contributed by atoms with Gasteiger partial charge in [0.05, 0.1) is 62.3 Å². The number of fused-ring (bicyclic) bond motifs is 14. The van der Waals surface area contributed by atoms with Crippen LogP contribution < -0.4 is 0 Å². The van der Waals surface area contributed by atoms with E-state index < -0.39 is 11.7 Å². The molecule has 9 aromatic carbocycles. The minimum Gasteiger partial charge on any atom is -0.309 e. The van der Waals surface area contributed by atoms with Gasteiger partial charge in [-0.3, -0.25) is 0 Å². The van der Waals surface area contributed by atoms with Gasteiger partial charge in [-0.25, -0.2) is 0 Å². The summed E-state index contributed by atoms with van der Waals surface area (Å²) < 4.78 is 51.3. The Morgan fingerprint density at radius 1 is 0.424 bits per heavy atom. The molecule has 9 heteroatoms. The minimum atomic E-state index is -4.61. The normalized spacial score (nSPS) is 12.1. The Bertz CT molecular complexity index is 4320. The maximum absolute atomic E-state index is 14.0. The highest BCUT2D eigenvalue weighted by Crippen LogP contribution is 2.48. The standard InChI is InChI=1S/C57H29F3N4S2/c58-57(59,60)35-19-21-36(34(28-35)31-62)33-18-24-47(63-45-13-5-1-11-42(45)53-48(63)25-22-40-38-9-3-7-15-51(38)65-55(40)53)44(29-33)37-20-17-32(30-61)27-50(37)64-46-14-6-2-12-43(46)54-49(64)26-23-41-39-10-4-8-16-52(39)66-56(41)54/h1-29H. The number of nitriles is 2. The van der Waals surface area contributed by atoms with Crippen molar-refractivity contribution < 1.29 is 13.2 Å². The predicted molar refractivity (Wildman–Crippen MR) is 266 cm³/mol. The zero-order chi connectivity index (χ0) is 44.4. The van der Waals surface area contributed by atoms with E-state index in [9.17, 15) is 23.7 Å². The van der Waals surface area contributed by atoms with E-state index in [1.165, 1.54) is 46.4 Å². The zero-order valence-electron chi connectivity index (χ0n) is 34.5. The van der Waals surface area contributed by atoms with E-state index in [0.717, 1.165) is 78.2 Å². The summed E-state index contributed by atoms with van der Waals surface area (Å²) >= 11 is 3.54. The van der Waals surface area contributed by atoms with Crippen LogP contribution in [0.2, 0.25) is 0 Å². The number of nitrogens with zero attached hydrogens (tertiary/aromatic N) is 4. The molecule has 0 fully saturated rings. The molecule has 0 aliphatic carbocycles. The van der Waals surface area contributed by atoms with Crippen LogP contribution in [0.25, 0.3) is 118 Å². The van der Waals surface area contributed by atoms with E-state index >= 15 is 0 Å². The second kappa shape index (κ2) is 14.1. The largest absolute Gasteiger partial charge is 0.416 e. The number of alkyl halides is 3. The van der Waals surface area contributed by atoms with E-state index in [1.807, 2.05) is 48.5 Å². The van der Waals surface area contributed by atoms with Gasteiger partial charge in [0.25, 0.3) is 0 Å². The molecule has 4 heterocycles. The molecule has 0 atom stereocenters. The van der Waals surface area contributed by atoms with E-state index in [-0.39, 0.29) is 5.56 Å². The van der Waals surface area contributed by atoms with Crippen LogP contribution in [0.3, 0.4) is 0 Å². The molecular formula is C57H29F3N4S2. The van der Waals surface area contributed by atoms with Gasteiger partial charge in [0.2, 0.25) is 0 Å². The fraction of sp³-hybridized carbons (Fsp3) is 0.0175. The highest BCUT2D eigenvalue weighted by Gasteiger charge is 2.31. The molecule has 13 rings (SSSR count). The summed E-state index contributed by atoms with van der Waals surface area (Å²) in [6, 6.07) is 61.8. The lowest BCUT2D eigenvalue weighted by Crippen LogP contribution is -2.05. The van der Waals surface area contributed by atoms with Crippen molar-refractivity contribution >= 4 is 107 Å². The number of benzene rings is 9. The lowest BCUT2D eigenvalue weighted by Gasteiger charge is -2.20. The molecule has 0 saturated carbocycles. The van der Waals surface area contributed by atoms with Crippen molar-refractivity contribution in [3.05, 3.63) is 193 Å². The van der Waals surface area contributed by atoms with Crippen LogP contribution in [-0.2, 0) is 6.18 Å². The first-order valence-electron chi connectivity index (χ1n) is 21.3. The first kappa shape index (κ1) is 38.3.